The number of likely N-dealkylation sites (tertiary alicyclic amines) is 1. The van der Waals surface area contributed by atoms with Gasteiger partial charge in [-0.25, -0.2) is 4.79 Å². The maximum absolute atomic E-state index is 13.4. The number of nitrogens with zero attached hydrogens (tertiary/aromatic N) is 1. The van der Waals surface area contributed by atoms with Crippen molar-refractivity contribution in [3.8, 4) is 0 Å². The van der Waals surface area contributed by atoms with E-state index in [1.807, 2.05) is 30.3 Å². The lowest BCUT2D eigenvalue weighted by Crippen LogP contribution is -2.53. The molecule has 1 aliphatic heterocycles. The van der Waals surface area contributed by atoms with Crippen LogP contribution < -0.4 is 11.1 Å². The minimum atomic E-state index is -0.892. The summed E-state index contributed by atoms with van der Waals surface area (Å²) in [6, 6.07) is 7.94. The van der Waals surface area contributed by atoms with Gasteiger partial charge in [-0.15, -0.1) is 6.58 Å². The summed E-state index contributed by atoms with van der Waals surface area (Å²) in [5.41, 5.74) is 5.88. The molecule has 3 amide bonds. The first-order chi connectivity index (χ1) is 16.1. The van der Waals surface area contributed by atoms with E-state index in [9.17, 15) is 14.4 Å². The molecule has 1 aliphatic rings. The smallest absolute Gasteiger partial charge is 0.408 e. The molecular formula is C25H37N3O6. The fourth-order valence-corrected chi connectivity index (χ4v) is 3.68. The van der Waals surface area contributed by atoms with Gasteiger partial charge in [0.1, 0.15) is 17.7 Å². The van der Waals surface area contributed by atoms with Gasteiger partial charge in [-0.05, 0) is 39.2 Å². The quantitative estimate of drug-likeness (QED) is 0.354. The van der Waals surface area contributed by atoms with Crippen LogP contribution in [0.5, 0.6) is 0 Å². The average molecular weight is 476 g/mol. The molecule has 1 saturated heterocycles. The number of nitrogens with two attached hydrogens (primary N) is 1. The molecule has 3 atom stereocenters. The lowest BCUT2D eigenvalue weighted by atomic mass is 10.1. The van der Waals surface area contributed by atoms with E-state index in [0.29, 0.717) is 39.1 Å². The van der Waals surface area contributed by atoms with E-state index in [4.69, 9.17) is 19.9 Å². The van der Waals surface area contributed by atoms with Crippen molar-refractivity contribution >= 4 is 17.9 Å². The van der Waals surface area contributed by atoms with Crippen LogP contribution in [0.4, 0.5) is 4.79 Å². The predicted octanol–water partition coefficient (Wildman–Crippen LogP) is 2.53. The van der Waals surface area contributed by atoms with Crippen molar-refractivity contribution < 1.29 is 28.6 Å². The number of hydrogen-bond acceptors (Lipinski definition) is 6. The number of benzene rings is 1. The molecule has 1 aromatic carbocycles. The number of nitrogens with one attached hydrogen (secondary N) is 1. The van der Waals surface area contributed by atoms with E-state index >= 15 is 0 Å². The molecule has 0 saturated carbocycles. The monoisotopic (exact) mass is 475 g/mol. The van der Waals surface area contributed by atoms with Gasteiger partial charge >= 0.3 is 6.09 Å². The van der Waals surface area contributed by atoms with Crippen LogP contribution in [0.2, 0.25) is 0 Å². The van der Waals surface area contributed by atoms with Crippen LogP contribution in [0, 0.1) is 0 Å². The van der Waals surface area contributed by atoms with Crippen LogP contribution in [-0.4, -0.2) is 66.4 Å². The highest BCUT2D eigenvalue weighted by atomic mass is 16.6. The zero-order chi connectivity index (χ0) is 25.1. The van der Waals surface area contributed by atoms with E-state index in [2.05, 4.69) is 11.9 Å². The Morgan fingerprint density at radius 3 is 2.59 bits per heavy atom. The van der Waals surface area contributed by atoms with Gasteiger partial charge in [0, 0.05) is 19.6 Å². The molecule has 0 bridgehead atoms. The highest BCUT2D eigenvalue weighted by molar-refractivity contribution is 5.91. The van der Waals surface area contributed by atoms with Crippen molar-refractivity contribution in [1.29, 1.82) is 0 Å². The molecule has 0 spiro atoms. The number of hydrogen-bond donors (Lipinski definition) is 2. The molecule has 3 N–H and O–H groups in total. The van der Waals surface area contributed by atoms with Crippen LogP contribution in [0.3, 0.4) is 0 Å². The Morgan fingerprint density at radius 2 is 1.97 bits per heavy atom. The summed E-state index contributed by atoms with van der Waals surface area (Å²) in [5, 5.41) is 2.65. The number of ether oxygens (including phenoxy) is 3. The van der Waals surface area contributed by atoms with Gasteiger partial charge in [0.15, 0.2) is 0 Å². The van der Waals surface area contributed by atoms with Crippen molar-refractivity contribution in [1.82, 2.24) is 10.2 Å². The number of alkyl carbamates (subject to hydrolysis) is 1. The van der Waals surface area contributed by atoms with E-state index < -0.39 is 35.6 Å². The van der Waals surface area contributed by atoms with Gasteiger partial charge in [0.2, 0.25) is 11.8 Å². The second-order valence-corrected chi connectivity index (χ2v) is 9.27. The SMILES string of the molecule is C=CCOCCC[C@H](NC(=O)OC(C)(C)C)C(=O)N1C[C@H](OCc2ccccc2)C[C@H]1C(N)=O. The maximum atomic E-state index is 13.4. The standard InChI is InChI=1S/C25H37N3O6/c1-5-13-32-14-9-12-20(27-24(31)34-25(2,3)4)23(30)28-16-19(15-21(28)22(26)29)33-17-18-10-7-6-8-11-18/h5-8,10-11,19-21H,1,9,12-17H2,2-4H3,(H2,26,29)(H,27,31)/t19-,20+,21+/m1/s1. The zero-order valence-electron chi connectivity index (χ0n) is 20.3. The third kappa shape index (κ3) is 9.15. The van der Waals surface area contributed by atoms with Crippen molar-refractivity contribution in [2.75, 3.05) is 19.8 Å². The molecule has 1 aromatic rings. The molecule has 0 unspecified atom stereocenters. The van der Waals surface area contributed by atoms with Crippen molar-refractivity contribution in [3.05, 3.63) is 48.6 Å². The summed E-state index contributed by atoms with van der Waals surface area (Å²) in [7, 11) is 0. The van der Waals surface area contributed by atoms with E-state index in [1.165, 1.54) is 4.90 Å². The Morgan fingerprint density at radius 1 is 1.26 bits per heavy atom. The number of amides is 3. The zero-order valence-corrected chi connectivity index (χ0v) is 20.3. The van der Waals surface area contributed by atoms with Gasteiger partial charge in [-0.1, -0.05) is 36.4 Å². The van der Waals surface area contributed by atoms with Gasteiger partial charge in [-0.3, -0.25) is 9.59 Å². The Labute approximate surface area is 201 Å². The number of carbonyl (C=O) groups excluding carboxylic acids is 3. The molecule has 188 valence electrons. The summed E-state index contributed by atoms with van der Waals surface area (Å²) >= 11 is 0. The molecular weight excluding hydrogens is 438 g/mol. The Kier molecular flexibility index (Phi) is 10.5. The number of primary amides is 1. The summed E-state index contributed by atoms with van der Waals surface area (Å²) in [6.45, 7) is 10.2. The molecule has 0 radical (unpaired) electrons. The lowest BCUT2D eigenvalue weighted by Gasteiger charge is -2.28. The molecule has 0 aliphatic carbocycles. The van der Waals surface area contributed by atoms with Gasteiger partial charge in [0.25, 0.3) is 0 Å². The van der Waals surface area contributed by atoms with Gasteiger partial charge in [-0.2, -0.15) is 0 Å². The van der Waals surface area contributed by atoms with Crippen LogP contribution in [0.25, 0.3) is 0 Å². The highest BCUT2D eigenvalue weighted by Gasteiger charge is 2.41. The lowest BCUT2D eigenvalue weighted by molar-refractivity contribution is -0.139. The summed E-state index contributed by atoms with van der Waals surface area (Å²) < 4.78 is 16.7. The number of rotatable bonds is 12. The van der Waals surface area contributed by atoms with Crippen LogP contribution in [0.15, 0.2) is 43.0 Å². The summed E-state index contributed by atoms with van der Waals surface area (Å²) in [4.78, 5) is 39.4. The topological polar surface area (TPSA) is 120 Å². The minimum absolute atomic E-state index is 0.207. The molecule has 34 heavy (non-hydrogen) atoms. The van der Waals surface area contributed by atoms with Crippen molar-refractivity contribution in [2.45, 2.75) is 70.4 Å². The third-order valence-electron chi connectivity index (χ3n) is 5.21. The van der Waals surface area contributed by atoms with Crippen LogP contribution in [-0.2, 0) is 30.4 Å². The first-order valence-corrected chi connectivity index (χ1v) is 11.5. The fraction of sp³-hybridized carbons (Fsp3) is 0.560. The van der Waals surface area contributed by atoms with E-state index in [1.54, 1.807) is 26.8 Å². The molecule has 1 heterocycles. The van der Waals surface area contributed by atoms with Crippen molar-refractivity contribution in [3.63, 3.8) is 0 Å². The maximum Gasteiger partial charge on any atom is 0.408 e. The molecule has 2 rings (SSSR count). The first kappa shape index (κ1) is 27.3. The highest BCUT2D eigenvalue weighted by Crippen LogP contribution is 2.23. The normalized spacial score (nSPS) is 18.9. The molecule has 9 heteroatoms. The first-order valence-electron chi connectivity index (χ1n) is 11.5. The minimum Gasteiger partial charge on any atom is -0.444 e. The van der Waals surface area contributed by atoms with Crippen LogP contribution in [0.1, 0.15) is 45.6 Å². The van der Waals surface area contributed by atoms with Crippen LogP contribution >= 0.6 is 0 Å². The van der Waals surface area contributed by atoms with Crippen molar-refractivity contribution in [2.24, 2.45) is 5.73 Å². The second-order valence-electron chi connectivity index (χ2n) is 9.27. The third-order valence-corrected chi connectivity index (χ3v) is 5.21. The molecule has 9 nitrogen and oxygen atoms in total. The van der Waals surface area contributed by atoms with E-state index in [-0.39, 0.29) is 12.6 Å². The fourth-order valence-electron chi connectivity index (χ4n) is 3.68. The predicted molar refractivity (Wildman–Crippen MR) is 128 cm³/mol. The second kappa shape index (κ2) is 13.1. The molecule has 0 aromatic heterocycles. The average Bonchev–Trinajstić information content (AvgIpc) is 3.20. The number of carbonyl (C=O) groups is 3. The Bertz CT molecular complexity index is 824. The summed E-state index contributed by atoms with van der Waals surface area (Å²) in [5.74, 6) is -1.01. The Hall–Kier alpha value is -2.91. The van der Waals surface area contributed by atoms with E-state index in [0.717, 1.165) is 5.56 Å². The Balaban J connectivity index is 2.07. The summed E-state index contributed by atoms with van der Waals surface area (Å²) in [6.07, 6.45) is 1.72. The van der Waals surface area contributed by atoms with Gasteiger partial charge in [0.05, 0.1) is 19.3 Å². The van der Waals surface area contributed by atoms with Gasteiger partial charge < -0.3 is 30.2 Å². The largest absolute Gasteiger partial charge is 0.444 e. The molecule has 1 fully saturated rings.